The number of carbonyl (C=O) groups excluding carboxylic acids is 1. The Hall–Kier alpha value is -2.41. The Morgan fingerprint density at radius 2 is 1.51 bits per heavy atom. The van der Waals surface area contributed by atoms with Gasteiger partial charge in [0.15, 0.2) is 6.29 Å². The minimum atomic E-state index is -0.367. The van der Waals surface area contributed by atoms with Crippen LogP contribution < -0.4 is 5.32 Å². The van der Waals surface area contributed by atoms with E-state index in [1.54, 1.807) is 14.2 Å². The topological polar surface area (TPSA) is 60.0 Å². The number of amides is 1. The molecule has 1 fully saturated rings. The number of benzene rings is 2. The second-order valence-corrected chi connectivity index (χ2v) is 9.29. The van der Waals surface area contributed by atoms with Gasteiger partial charge in [0.05, 0.1) is 5.69 Å². The minimum Gasteiger partial charge on any atom is -0.446 e. The number of unbranched alkanes of at least 4 members (excludes halogenated alkanes) is 5. The van der Waals surface area contributed by atoms with Crippen LogP contribution in [0.1, 0.15) is 57.8 Å². The summed E-state index contributed by atoms with van der Waals surface area (Å²) in [6.07, 6.45) is 9.80. The van der Waals surface area contributed by atoms with Gasteiger partial charge >= 0.3 is 6.09 Å². The summed E-state index contributed by atoms with van der Waals surface area (Å²) in [5, 5.41) is 2.95. The van der Waals surface area contributed by atoms with E-state index >= 15 is 0 Å². The lowest BCUT2D eigenvalue weighted by Gasteiger charge is -2.31. The van der Waals surface area contributed by atoms with Crippen molar-refractivity contribution in [3.05, 3.63) is 54.6 Å². The van der Waals surface area contributed by atoms with E-state index in [0.29, 0.717) is 0 Å². The number of nitrogens with zero attached hydrogens (tertiary/aromatic N) is 1. The molecule has 2 aromatic rings. The van der Waals surface area contributed by atoms with Gasteiger partial charge in [-0.05, 0) is 50.3 Å². The third-order valence-corrected chi connectivity index (χ3v) is 6.75. The van der Waals surface area contributed by atoms with Crippen LogP contribution in [-0.4, -0.2) is 57.2 Å². The number of hydrogen-bond acceptors (Lipinski definition) is 5. The Morgan fingerprint density at radius 1 is 0.886 bits per heavy atom. The van der Waals surface area contributed by atoms with E-state index < -0.39 is 0 Å². The number of nitrogens with one attached hydrogen (secondary N) is 1. The summed E-state index contributed by atoms with van der Waals surface area (Å²) in [6.45, 7) is 3.13. The van der Waals surface area contributed by atoms with Crippen LogP contribution in [0, 0.1) is 0 Å². The third-order valence-electron chi connectivity index (χ3n) is 6.75. The van der Waals surface area contributed by atoms with Gasteiger partial charge in [-0.25, -0.2) is 4.79 Å². The first-order chi connectivity index (χ1) is 17.2. The van der Waals surface area contributed by atoms with Crippen molar-refractivity contribution in [3.63, 3.8) is 0 Å². The second kappa shape index (κ2) is 15.6. The molecule has 192 valence electrons. The van der Waals surface area contributed by atoms with Crippen LogP contribution in [0.5, 0.6) is 0 Å². The van der Waals surface area contributed by atoms with E-state index in [2.05, 4.69) is 10.2 Å². The SMILES string of the molecule is COC(CCCCCCCCN1CCC(OC(=O)Nc2ccccc2-c2ccccc2)CC1)OC. The smallest absolute Gasteiger partial charge is 0.411 e. The zero-order valence-electron chi connectivity index (χ0n) is 21.4. The first-order valence-electron chi connectivity index (χ1n) is 13.1. The summed E-state index contributed by atoms with van der Waals surface area (Å²) in [7, 11) is 3.40. The van der Waals surface area contributed by atoms with Crippen molar-refractivity contribution in [1.82, 2.24) is 4.90 Å². The number of carbonyl (C=O) groups is 1. The van der Waals surface area contributed by atoms with Gasteiger partial charge in [-0.3, -0.25) is 5.32 Å². The number of ether oxygens (including phenoxy) is 3. The number of rotatable bonds is 14. The zero-order valence-corrected chi connectivity index (χ0v) is 21.4. The third kappa shape index (κ3) is 9.63. The molecule has 1 N–H and O–H groups in total. The van der Waals surface area contributed by atoms with E-state index in [1.807, 2.05) is 54.6 Å². The molecular formula is C29H42N2O4. The lowest BCUT2D eigenvalue weighted by molar-refractivity contribution is -0.107. The molecule has 1 heterocycles. The number of methoxy groups -OCH3 is 2. The summed E-state index contributed by atoms with van der Waals surface area (Å²) < 4.78 is 16.2. The van der Waals surface area contributed by atoms with Gasteiger partial charge in [-0.15, -0.1) is 0 Å². The zero-order chi connectivity index (χ0) is 24.7. The fourth-order valence-electron chi connectivity index (χ4n) is 4.69. The molecule has 6 nitrogen and oxygen atoms in total. The normalized spacial score (nSPS) is 14.8. The molecule has 1 aliphatic rings. The maximum Gasteiger partial charge on any atom is 0.411 e. The summed E-state index contributed by atoms with van der Waals surface area (Å²) in [5.74, 6) is 0. The number of piperidine rings is 1. The molecule has 0 saturated carbocycles. The van der Waals surface area contributed by atoms with Crippen molar-refractivity contribution in [2.45, 2.75) is 70.2 Å². The van der Waals surface area contributed by atoms with Crippen LogP contribution in [-0.2, 0) is 14.2 Å². The van der Waals surface area contributed by atoms with Gasteiger partial charge in [0.1, 0.15) is 6.10 Å². The molecule has 1 saturated heterocycles. The molecule has 0 unspecified atom stereocenters. The van der Waals surface area contributed by atoms with Crippen molar-refractivity contribution in [2.24, 2.45) is 0 Å². The Morgan fingerprint density at radius 3 is 2.23 bits per heavy atom. The highest BCUT2D eigenvalue weighted by molar-refractivity contribution is 5.91. The summed E-state index contributed by atoms with van der Waals surface area (Å²) in [4.78, 5) is 15.1. The summed E-state index contributed by atoms with van der Waals surface area (Å²) in [5.41, 5.74) is 2.84. The first kappa shape index (κ1) is 27.2. The van der Waals surface area contributed by atoms with Crippen LogP contribution in [0.2, 0.25) is 0 Å². The maximum absolute atomic E-state index is 12.6. The predicted molar refractivity (Wildman–Crippen MR) is 142 cm³/mol. The highest BCUT2D eigenvalue weighted by Crippen LogP contribution is 2.28. The van der Waals surface area contributed by atoms with E-state index in [4.69, 9.17) is 14.2 Å². The summed E-state index contributed by atoms with van der Waals surface area (Å²) in [6, 6.07) is 17.9. The van der Waals surface area contributed by atoms with Gasteiger partial charge in [0, 0.05) is 32.9 Å². The Kier molecular flexibility index (Phi) is 12.1. The van der Waals surface area contributed by atoms with Gasteiger partial charge in [0.25, 0.3) is 0 Å². The van der Waals surface area contributed by atoms with Crippen molar-refractivity contribution >= 4 is 11.8 Å². The molecule has 0 bridgehead atoms. The van der Waals surface area contributed by atoms with Gasteiger partial charge < -0.3 is 19.1 Å². The molecule has 3 rings (SSSR count). The quantitative estimate of drug-likeness (QED) is 0.239. The molecule has 0 aliphatic carbocycles. The number of likely N-dealkylation sites (tertiary alicyclic amines) is 1. The standard InChI is InChI=1S/C29H42N2O4/c1-33-28(34-2)18-10-5-3-4-6-13-21-31-22-19-25(20-23-31)35-29(32)30-27-17-12-11-16-26(27)24-14-8-7-9-15-24/h7-9,11-12,14-17,25,28H,3-6,10,13,18-23H2,1-2H3,(H,30,32). The fourth-order valence-corrected chi connectivity index (χ4v) is 4.69. The number of anilines is 1. The molecule has 2 aromatic carbocycles. The highest BCUT2D eigenvalue weighted by Gasteiger charge is 2.22. The molecule has 0 aromatic heterocycles. The van der Waals surface area contributed by atoms with Crippen LogP contribution in [0.15, 0.2) is 54.6 Å². The van der Waals surface area contributed by atoms with E-state index in [1.165, 1.54) is 32.1 Å². The fraction of sp³-hybridized carbons (Fsp3) is 0.552. The van der Waals surface area contributed by atoms with Crippen molar-refractivity contribution < 1.29 is 19.0 Å². The Balaban J connectivity index is 1.28. The first-order valence-corrected chi connectivity index (χ1v) is 13.1. The highest BCUT2D eigenvalue weighted by atomic mass is 16.7. The monoisotopic (exact) mass is 482 g/mol. The van der Waals surface area contributed by atoms with Crippen molar-refractivity contribution in [1.29, 1.82) is 0 Å². The van der Waals surface area contributed by atoms with Crippen LogP contribution >= 0.6 is 0 Å². The maximum atomic E-state index is 12.6. The molecule has 0 spiro atoms. The predicted octanol–water partition coefficient (Wildman–Crippen LogP) is 6.72. The van der Waals surface area contributed by atoms with Crippen LogP contribution in [0.25, 0.3) is 11.1 Å². The molecule has 1 aliphatic heterocycles. The minimum absolute atomic E-state index is 0.0156. The van der Waals surface area contributed by atoms with Crippen LogP contribution in [0.3, 0.4) is 0 Å². The molecule has 1 amide bonds. The lowest BCUT2D eigenvalue weighted by Crippen LogP contribution is -2.38. The van der Waals surface area contributed by atoms with Gasteiger partial charge in [-0.1, -0.05) is 74.2 Å². The van der Waals surface area contributed by atoms with E-state index in [0.717, 1.165) is 62.1 Å². The van der Waals surface area contributed by atoms with Gasteiger partial charge in [0.2, 0.25) is 0 Å². The largest absolute Gasteiger partial charge is 0.446 e. The van der Waals surface area contributed by atoms with Crippen molar-refractivity contribution in [3.8, 4) is 11.1 Å². The van der Waals surface area contributed by atoms with Gasteiger partial charge in [-0.2, -0.15) is 0 Å². The van der Waals surface area contributed by atoms with Crippen LogP contribution in [0.4, 0.5) is 10.5 Å². The molecule has 35 heavy (non-hydrogen) atoms. The molecule has 0 atom stereocenters. The Labute approximate surface area is 210 Å². The summed E-state index contributed by atoms with van der Waals surface area (Å²) >= 11 is 0. The second-order valence-electron chi connectivity index (χ2n) is 9.29. The number of hydrogen-bond donors (Lipinski definition) is 1. The Bertz CT molecular complexity index is 849. The molecular weight excluding hydrogens is 440 g/mol. The van der Waals surface area contributed by atoms with Crippen molar-refractivity contribution in [2.75, 3.05) is 39.2 Å². The average Bonchev–Trinajstić information content (AvgIpc) is 2.89. The number of para-hydroxylation sites is 1. The molecule has 0 radical (unpaired) electrons. The molecule has 6 heteroatoms. The van der Waals surface area contributed by atoms with E-state index in [-0.39, 0.29) is 18.5 Å². The average molecular weight is 483 g/mol. The lowest BCUT2D eigenvalue weighted by atomic mass is 10.0. The van der Waals surface area contributed by atoms with E-state index in [9.17, 15) is 4.79 Å².